The molecule has 1 aromatic carbocycles. The van der Waals surface area contributed by atoms with E-state index in [0.717, 1.165) is 22.5 Å². The van der Waals surface area contributed by atoms with Gasteiger partial charge in [-0.05, 0) is 13.0 Å². The van der Waals surface area contributed by atoms with Crippen LogP contribution in [0.4, 0.5) is 5.69 Å². The molecule has 0 bridgehead atoms. The number of carbonyl (C=O) groups excluding carboxylic acids is 1. The first-order valence-electron chi connectivity index (χ1n) is 6.44. The molecule has 0 aliphatic rings. The van der Waals surface area contributed by atoms with Crippen molar-refractivity contribution in [1.82, 2.24) is 9.62 Å². The van der Waals surface area contributed by atoms with Crippen molar-refractivity contribution in [1.29, 1.82) is 0 Å². The Labute approximate surface area is 133 Å². The molecule has 0 atom stereocenters. The Balaban J connectivity index is 3.23. The van der Waals surface area contributed by atoms with Crippen LogP contribution in [0.15, 0.2) is 23.1 Å². The van der Waals surface area contributed by atoms with E-state index in [0.29, 0.717) is 6.54 Å². The molecular weight excluding hydrogens is 334 g/mol. The van der Waals surface area contributed by atoms with Gasteiger partial charge in [0.25, 0.3) is 5.69 Å². The number of hydrogen-bond acceptors (Lipinski definition) is 5. The highest BCUT2D eigenvalue weighted by atomic mass is 35.5. The molecule has 0 saturated carbocycles. The lowest BCUT2D eigenvalue weighted by Gasteiger charge is -2.20. The van der Waals surface area contributed by atoms with Gasteiger partial charge in [-0.2, -0.15) is 4.31 Å². The Morgan fingerprint density at radius 1 is 1.41 bits per heavy atom. The standard InChI is InChI=1S/C12H16ClN3O5S/c1-3-14-12(17)8-15(4-2)22(20,21)11-7-9(16(18)19)5-6-10(11)13/h5-7H,3-4,8H2,1-2H3,(H,14,17). The molecule has 0 spiro atoms. The average Bonchev–Trinajstić information content (AvgIpc) is 2.44. The minimum Gasteiger partial charge on any atom is -0.355 e. The van der Waals surface area contributed by atoms with Crippen LogP contribution in [0, 0.1) is 10.1 Å². The molecule has 1 N–H and O–H groups in total. The van der Waals surface area contributed by atoms with E-state index in [2.05, 4.69) is 5.32 Å². The lowest BCUT2D eigenvalue weighted by atomic mass is 10.3. The number of halogens is 1. The van der Waals surface area contributed by atoms with E-state index in [1.807, 2.05) is 0 Å². The summed E-state index contributed by atoms with van der Waals surface area (Å²) in [5.74, 6) is -0.463. The summed E-state index contributed by atoms with van der Waals surface area (Å²) < 4.78 is 26.0. The van der Waals surface area contributed by atoms with Gasteiger partial charge in [-0.15, -0.1) is 0 Å². The number of nitrogens with zero attached hydrogens (tertiary/aromatic N) is 2. The summed E-state index contributed by atoms with van der Waals surface area (Å²) in [5.41, 5.74) is -0.392. The van der Waals surface area contributed by atoms with Crippen molar-refractivity contribution >= 4 is 33.2 Å². The molecule has 1 rings (SSSR count). The van der Waals surface area contributed by atoms with Crippen LogP contribution < -0.4 is 5.32 Å². The Morgan fingerprint density at radius 3 is 2.55 bits per heavy atom. The number of nitro groups is 1. The van der Waals surface area contributed by atoms with Crippen LogP contribution in [0.1, 0.15) is 13.8 Å². The van der Waals surface area contributed by atoms with Crippen molar-refractivity contribution in [3.8, 4) is 0 Å². The Kier molecular flexibility index (Phi) is 6.27. The van der Waals surface area contributed by atoms with Gasteiger partial charge in [-0.25, -0.2) is 8.42 Å². The van der Waals surface area contributed by atoms with Crippen molar-refractivity contribution in [2.45, 2.75) is 18.7 Å². The highest BCUT2D eigenvalue weighted by Crippen LogP contribution is 2.28. The van der Waals surface area contributed by atoms with E-state index < -0.39 is 31.4 Å². The zero-order chi connectivity index (χ0) is 16.9. The predicted octanol–water partition coefficient (Wildman–Crippen LogP) is 1.39. The number of amides is 1. The first-order chi connectivity index (χ1) is 10.2. The molecule has 10 heteroatoms. The molecule has 0 aliphatic heterocycles. The SMILES string of the molecule is CCNC(=O)CN(CC)S(=O)(=O)c1cc([N+](=O)[O-])ccc1Cl. The lowest BCUT2D eigenvalue weighted by molar-refractivity contribution is -0.385. The molecule has 0 radical (unpaired) electrons. The van der Waals surface area contributed by atoms with E-state index in [1.54, 1.807) is 13.8 Å². The van der Waals surface area contributed by atoms with E-state index in [1.165, 1.54) is 0 Å². The fourth-order valence-electron chi connectivity index (χ4n) is 1.72. The first kappa shape index (κ1) is 18.3. The van der Waals surface area contributed by atoms with Crippen LogP contribution in [0.3, 0.4) is 0 Å². The molecule has 122 valence electrons. The molecule has 0 heterocycles. The van der Waals surface area contributed by atoms with Crippen LogP contribution in [-0.2, 0) is 14.8 Å². The summed E-state index contributed by atoms with van der Waals surface area (Å²) >= 11 is 5.86. The van der Waals surface area contributed by atoms with Crippen LogP contribution in [0.25, 0.3) is 0 Å². The molecule has 0 saturated heterocycles. The highest BCUT2D eigenvalue weighted by molar-refractivity contribution is 7.89. The van der Waals surface area contributed by atoms with Gasteiger partial charge in [0, 0.05) is 25.2 Å². The summed E-state index contributed by atoms with van der Waals surface area (Å²) in [6.45, 7) is 3.28. The third kappa shape index (κ3) is 4.15. The largest absolute Gasteiger partial charge is 0.355 e. The maximum atomic E-state index is 12.5. The Bertz CT molecular complexity index is 677. The van der Waals surface area contributed by atoms with Crippen LogP contribution in [0.5, 0.6) is 0 Å². The minimum absolute atomic E-state index is 0.0263. The van der Waals surface area contributed by atoms with E-state index in [9.17, 15) is 23.3 Å². The van der Waals surface area contributed by atoms with Gasteiger partial charge in [-0.3, -0.25) is 14.9 Å². The molecule has 0 fully saturated rings. The zero-order valence-electron chi connectivity index (χ0n) is 12.1. The summed E-state index contributed by atoms with van der Waals surface area (Å²) in [4.78, 5) is 21.3. The van der Waals surface area contributed by atoms with Gasteiger partial charge in [0.15, 0.2) is 0 Å². The van der Waals surface area contributed by atoms with Crippen molar-refractivity contribution in [2.75, 3.05) is 19.6 Å². The monoisotopic (exact) mass is 349 g/mol. The van der Waals surface area contributed by atoms with Crippen molar-refractivity contribution < 1.29 is 18.1 Å². The third-order valence-electron chi connectivity index (χ3n) is 2.79. The van der Waals surface area contributed by atoms with Gasteiger partial charge in [0.1, 0.15) is 4.90 Å². The lowest BCUT2D eigenvalue weighted by Crippen LogP contribution is -2.40. The second kappa shape index (κ2) is 7.52. The number of likely N-dealkylation sites (N-methyl/N-ethyl adjacent to an activating group) is 2. The van der Waals surface area contributed by atoms with Crippen molar-refractivity contribution in [2.24, 2.45) is 0 Å². The highest BCUT2D eigenvalue weighted by Gasteiger charge is 2.29. The zero-order valence-corrected chi connectivity index (χ0v) is 13.6. The molecular formula is C12H16ClN3O5S. The molecule has 1 amide bonds. The molecule has 22 heavy (non-hydrogen) atoms. The molecule has 0 aliphatic carbocycles. The second-order valence-electron chi connectivity index (χ2n) is 4.26. The molecule has 8 nitrogen and oxygen atoms in total. The topological polar surface area (TPSA) is 110 Å². The number of sulfonamides is 1. The van der Waals surface area contributed by atoms with E-state index in [-0.39, 0.29) is 18.1 Å². The van der Waals surface area contributed by atoms with Gasteiger partial charge in [-0.1, -0.05) is 18.5 Å². The second-order valence-corrected chi connectivity index (χ2v) is 6.57. The number of rotatable bonds is 7. The molecule has 0 unspecified atom stereocenters. The summed E-state index contributed by atoms with van der Waals surface area (Å²) in [6.07, 6.45) is 0. The Hall–Kier alpha value is -1.71. The number of carbonyl (C=O) groups is 1. The van der Waals surface area contributed by atoms with Crippen LogP contribution >= 0.6 is 11.6 Å². The number of nitrogens with one attached hydrogen (secondary N) is 1. The summed E-state index contributed by atoms with van der Waals surface area (Å²) in [5, 5.41) is 13.1. The van der Waals surface area contributed by atoms with Gasteiger partial charge < -0.3 is 5.32 Å². The van der Waals surface area contributed by atoms with E-state index >= 15 is 0 Å². The van der Waals surface area contributed by atoms with Gasteiger partial charge in [0.05, 0.1) is 16.5 Å². The van der Waals surface area contributed by atoms with Gasteiger partial charge in [0.2, 0.25) is 15.9 Å². The van der Waals surface area contributed by atoms with E-state index in [4.69, 9.17) is 11.6 Å². The maximum absolute atomic E-state index is 12.5. The van der Waals surface area contributed by atoms with Crippen LogP contribution in [0.2, 0.25) is 5.02 Å². The number of non-ortho nitro benzene ring substituents is 1. The maximum Gasteiger partial charge on any atom is 0.270 e. The van der Waals surface area contributed by atoms with Crippen molar-refractivity contribution in [3.63, 3.8) is 0 Å². The Morgan fingerprint density at radius 2 is 2.05 bits per heavy atom. The normalized spacial score (nSPS) is 11.5. The number of hydrogen-bond donors (Lipinski definition) is 1. The number of nitro benzene ring substituents is 1. The summed E-state index contributed by atoms with van der Waals surface area (Å²) in [6, 6.07) is 3.14. The smallest absolute Gasteiger partial charge is 0.270 e. The fourth-order valence-corrected chi connectivity index (χ4v) is 3.62. The van der Waals surface area contributed by atoms with Gasteiger partial charge >= 0.3 is 0 Å². The number of benzene rings is 1. The van der Waals surface area contributed by atoms with Crippen LogP contribution in [-0.4, -0.2) is 43.2 Å². The third-order valence-corrected chi connectivity index (χ3v) is 5.19. The predicted molar refractivity (Wildman–Crippen MR) is 81.2 cm³/mol. The average molecular weight is 350 g/mol. The fraction of sp³-hybridized carbons (Fsp3) is 0.417. The van der Waals surface area contributed by atoms with Crippen molar-refractivity contribution in [3.05, 3.63) is 33.3 Å². The summed E-state index contributed by atoms with van der Waals surface area (Å²) in [7, 11) is -4.12. The molecule has 0 aromatic heterocycles. The molecule has 1 aromatic rings. The quantitative estimate of drug-likeness (QED) is 0.591. The minimum atomic E-state index is -4.12. The first-order valence-corrected chi connectivity index (χ1v) is 8.26.